The van der Waals surface area contributed by atoms with Crippen molar-refractivity contribution < 1.29 is 14.3 Å². The minimum absolute atomic E-state index is 0.128. The number of carbonyl (C=O) groups is 2. The molecule has 0 spiro atoms. The van der Waals surface area contributed by atoms with E-state index in [0.29, 0.717) is 30.7 Å². The Bertz CT molecular complexity index is 968. The number of carbonyl (C=O) groups excluding carboxylic acids is 2. The van der Waals surface area contributed by atoms with E-state index in [1.54, 1.807) is 0 Å². The van der Waals surface area contributed by atoms with Crippen LogP contribution in [-0.2, 0) is 28.9 Å². The first-order chi connectivity index (χ1) is 15.2. The average molecular weight is 422 g/mol. The lowest BCUT2D eigenvalue weighted by molar-refractivity contribution is -0.150. The van der Waals surface area contributed by atoms with E-state index in [2.05, 4.69) is 17.4 Å². The molecule has 6 nitrogen and oxygen atoms in total. The van der Waals surface area contributed by atoms with Crippen LogP contribution in [0.2, 0.25) is 0 Å². The molecule has 1 aromatic heterocycles. The SMILES string of the molecule is CCOC(=O)[C@@H]1C2CCC(C2)[C@@H]1NC(=O)c1nn(Cc2ccccc2)c2c1CCCC2. The van der Waals surface area contributed by atoms with Crippen LogP contribution in [-0.4, -0.2) is 34.3 Å². The predicted molar refractivity (Wildman–Crippen MR) is 117 cm³/mol. The second kappa shape index (κ2) is 8.48. The van der Waals surface area contributed by atoms with Gasteiger partial charge in [0.15, 0.2) is 5.69 Å². The number of nitrogens with one attached hydrogen (secondary N) is 1. The summed E-state index contributed by atoms with van der Waals surface area (Å²) < 4.78 is 7.36. The number of nitrogens with zero attached hydrogens (tertiary/aromatic N) is 2. The first-order valence-corrected chi connectivity index (χ1v) is 11.8. The van der Waals surface area contributed by atoms with Crippen molar-refractivity contribution in [1.29, 1.82) is 0 Å². The van der Waals surface area contributed by atoms with Crippen LogP contribution in [0.25, 0.3) is 0 Å². The quantitative estimate of drug-likeness (QED) is 0.725. The molecule has 0 radical (unpaired) electrons. The summed E-state index contributed by atoms with van der Waals surface area (Å²) in [7, 11) is 0. The summed E-state index contributed by atoms with van der Waals surface area (Å²) >= 11 is 0. The van der Waals surface area contributed by atoms with Gasteiger partial charge in [-0.3, -0.25) is 14.3 Å². The zero-order valence-electron chi connectivity index (χ0n) is 18.2. The zero-order valence-corrected chi connectivity index (χ0v) is 18.2. The lowest BCUT2D eigenvalue weighted by Crippen LogP contribution is -2.47. The highest BCUT2D eigenvalue weighted by atomic mass is 16.5. The van der Waals surface area contributed by atoms with Gasteiger partial charge in [0, 0.05) is 17.3 Å². The number of ether oxygens (including phenoxy) is 1. The minimum atomic E-state index is -0.218. The van der Waals surface area contributed by atoms with Gasteiger partial charge in [-0.25, -0.2) is 0 Å². The second-order valence-corrected chi connectivity index (χ2v) is 9.23. The second-order valence-electron chi connectivity index (χ2n) is 9.23. The Morgan fingerprint density at radius 2 is 1.90 bits per heavy atom. The van der Waals surface area contributed by atoms with Crippen molar-refractivity contribution in [2.75, 3.05) is 6.61 Å². The molecule has 0 aliphatic heterocycles. The Morgan fingerprint density at radius 3 is 2.71 bits per heavy atom. The summed E-state index contributed by atoms with van der Waals surface area (Å²) in [4.78, 5) is 26.0. The molecule has 2 fully saturated rings. The van der Waals surface area contributed by atoms with E-state index in [-0.39, 0.29) is 23.8 Å². The summed E-state index contributed by atoms with van der Waals surface area (Å²) in [6.45, 7) is 2.89. The summed E-state index contributed by atoms with van der Waals surface area (Å²) in [5.74, 6) is 0.197. The topological polar surface area (TPSA) is 73.2 Å². The highest BCUT2D eigenvalue weighted by Crippen LogP contribution is 2.49. The maximum Gasteiger partial charge on any atom is 0.311 e. The van der Waals surface area contributed by atoms with Crippen LogP contribution in [0.1, 0.15) is 66.3 Å². The van der Waals surface area contributed by atoms with Gasteiger partial charge in [-0.2, -0.15) is 5.10 Å². The number of benzene rings is 1. The van der Waals surface area contributed by atoms with Crippen molar-refractivity contribution in [3.8, 4) is 0 Å². The molecule has 164 valence electrons. The number of amides is 1. The van der Waals surface area contributed by atoms with Crippen molar-refractivity contribution in [2.45, 2.75) is 64.5 Å². The molecule has 3 aliphatic carbocycles. The average Bonchev–Trinajstić information content (AvgIpc) is 3.48. The van der Waals surface area contributed by atoms with Crippen molar-refractivity contribution in [1.82, 2.24) is 15.1 Å². The number of rotatable bonds is 6. The maximum absolute atomic E-state index is 13.4. The number of hydrogen-bond acceptors (Lipinski definition) is 4. The summed E-state index contributed by atoms with van der Waals surface area (Å²) in [5.41, 5.74) is 4.02. The molecule has 2 unspecified atom stereocenters. The van der Waals surface area contributed by atoms with Gasteiger partial charge in [0.05, 0.1) is 19.1 Å². The Labute approximate surface area is 183 Å². The number of aromatic nitrogens is 2. The van der Waals surface area contributed by atoms with Crippen LogP contribution in [0.15, 0.2) is 30.3 Å². The molecule has 1 heterocycles. The van der Waals surface area contributed by atoms with Crippen molar-refractivity contribution in [3.63, 3.8) is 0 Å². The molecular weight excluding hydrogens is 390 g/mol. The predicted octanol–water partition coefficient (Wildman–Crippen LogP) is 3.52. The first-order valence-electron chi connectivity index (χ1n) is 11.8. The van der Waals surface area contributed by atoms with Gasteiger partial charge in [-0.15, -0.1) is 0 Å². The monoisotopic (exact) mass is 421 g/mol. The van der Waals surface area contributed by atoms with E-state index >= 15 is 0 Å². The maximum atomic E-state index is 13.4. The van der Waals surface area contributed by atoms with E-state index in [9.17, 15) is 9.59 Å². The van der Waals surface area contributed by atoms with Crippen LogP contribution in [0.5, 0.6) is 0 Å². The normalized spacial score (nSPS) is 26.5. The molecule has 1 aromatic carbocycles. The highest BCUT2D eigenvalue weighted by Gasteiger charge is 2.52. The van der Waals surface area contributed by atoms with Gasteiger partial charge in [0.2, 0.25) is 0 Å². The van der Waals surface area contributed by atoms with Gasteiger partial charge >= 0.3 is 5.97 Å². The summed E-state index contributed by atoms with van der Waals surface area (Å²) in [6.07, 6.45) is 7.21. The van der Waals surface area contributed by atoms with Crippen LogP contribution >= 0.6 is 0 Å². The van der Waals surface area contributed by atoms with E-state index in [1.165, 1.54) is 11.3 Å². The number of hydrogen-bond donors (Lipinski definition) is 1. The molecule has 31 heavy (non-hydrogen) atoms. The van der Waals surface area contributed by atoms with Crippen LogP contribution in [0.3, 0.4) is 0 Å². The van der Waals surface area contributed by atoms with Crippen LogP contribution < -0.4 is 5.32 Å². The molecule has 2 aromatic rings. The fourth-order valence-electron chi connectivity index (χ4n) is 6.04. The van der Waals surface area contributed by atoms with Gasteiger partial charge in [0.1, 0.15) is 0 Å². The summed E-state index contributed by atoms with van der Waals surface area (Å²) in [5, 5.41) is 8.01. The van der Waals surface area contributed by atoms with Gasteiger partial charge in [0.25, 0.3) is 5.91 Å². The molecule has 1 amide bonds. The zero-order chi connectivity index (χ0) is 21.4. The van der Waals surface area contributed by atoms with E-state index in [0.717, 1.165) is 50.5 Å². The number of fused-ring (bicyclic) bond motifs is 3. The molecule has 2 bridgehead atoms. The van der Waals surface area contributed by atoms with Crippen molar-refractivity contribution in [3.05, 3.63) is 52.8 Å². The lowest BCUT2D eigenvalue weighted by atomic mass is 9.84. The third-order valence-corrected chi connectivity index (χ3v) is 7.42. The molecule has 3 aliphatic rings. The molecule has 6 heteroatoms. The third-order valence-electron chi connectivity index (χ3n) is 7.42. The third kappa shape index (κ3) is 3.77. The van der Waals surface area contributed by atoms with Crippen molar-refractivity contribution in [2.24, 2.45) is 17.8 Å². The minimum Gasteiger partial charge on any atom is -0.466 e. The highest BCUT2D eigenvalue weighted by molar-refractivity contribution is 5.94. The number of esters is 1. The molecule has 2 saturated carbocycles. The Kier molecular flexibility index (Phi) is 5.55. The van der Waals surface area contributed by atoms with Gasteiger partial charge in [-0.1, -0.05) is 30.3 Å². The standard InChI is InChI=1S/C25H31N3O3/c1-2-31-25(30)21-17-12-13-18(14-17)22(21)26-24(29)23-19-10-6-7-11-20(19)28(27-23)15-16-8-4-3-5-9-16/h3-5,8-9,17-18,21-22H,2,6-7,10-15H2,1H3,(H,26,29)/t17?,18?,21-,22+/m1/s1. The molecule has 4 atom stereocenters. The van der Waals surface area contributed by atoms with E-state index in [1.807, 2.05) is 29.8 Å². The Balaban J connectivity index is 1.39. The van der Waals surface area contributed by atoms with Crippen LogP contribution in [0, 0.1) is 17.8 Å². The van der Waals surface area contributed by atoms with Crippen molar-refractivity contribution >= 4 is 11.9 Å². The molecule has 0 saturated heterocycles. The molecule has 1 N–H and O–H groups in total. The van der Waals surface area contributed by atoms with Gasteiger partial charge < -0.3 is 10.1 Å². The van der Waals surface area contributed by atoms with E-state index in [4.69, 9.17) is 9.84 Å². The molecular formula is C25H31N3O3. The first kappa shape index (κ1) is 20.3. The summed E-state index contributed by atoms with van der Waals surface area (Å²) in [6, 6.07) is 10.1. The van der Waals surface area contributed by atoms with E-state index < -0.39 is 0 Å². The fourth-order valence-corrected chi connectivity index (χ4v) is 6.04. The Hall–Kier alpha value is -2.63. The fraction of sp³-hybridized carbons (Fsp3) is 0.560. The molecule has 5 rings (SSSR count). The lowest BCUT2D eigenvalue weighted by Gasteiger charge is -2.30. The largest absolute Gasteiger partial charge is 0.466 e. The Morgan fingerprint density at radius 1 is 1.13 bits per heavy atom. The van der Waals surface area contributed by atoms with Gasteiger partial charge in [-0.05, 0) is 69.3 Å². The van der Waals surface area contributed by atoms with Crippen LogP contribution in [0.4, 0.5) is 0 Å². The smallest absolute Gasteiger partial charge is 0.311 e.